The molecule has 0 radical (unpaired) electrons. The number of furan rings is 1. The normalized spacial score (nSPS) is 12.0. The number of anilines is 2. The van der Waals surface area contributed by atoms with Gasteiger partial charge in [0.15, 0.2) is 0 Å². The fourth-order valence-electron chi connectivity index (χ4n) is 2.25. The van der Waals surface area contributed by atoms with Crippen molar-refractivity contribution in [1.29, 1.82) is 0 Å². The average molecular weight is 286 g/mol. The molecular formula is C17H22N2O2. The predicted octanol–water partition coefficient (Wildman–Crippen LogP) is 3.98. The van der Waals surface area contributed by atoms with Crippen LogP contribution in [0.3, 0.4) is 0 Å². The van der Waals surface area contributed by atoms with E-state index in [0.717, 1.165) is 35.5 Å². The van der Waals surface area contributed by atoms with Gasteiger partial charge in [-0.15, -0.1) is 0 Å². The quantitative estimate of drug-likeness (QED) is 0.844. The molecule has 1 amide bonds. The molecule has 2 rings (SSSR count). The molecule has 1 aromatic carbocycles. The van der Waals surface area contributed by atoms with Crippen molar-refractivity contribution in [2.24, 2.45) is 0 Å². The van der Waals surface area contributed by atoms with Gasteiger partial charge in [0.25, 0.3) is 0 Å². The molecule has 0 aliphatic rings. The predicted molar refractivity (Wildman–Crippen MR) is 85.6 cm³/mol. The Morgan fingerprint density at radius 3 is 2.76 bits per heavy atom. The van der Waals surface area contributed by atoms with Crippen molar-refractivity contribution in [2.75, 3.05) is 10.6 Å². The van der Waals surface area contributed by atoms with E-state index in [9.17, 15) is 4.79 Å². The van der Waals surface area contributed by atoms with Gasteiger partial charge in [0.2, 0.25) is 5.91 Å². The van der Waals surface area contributed by atoms with Gasteiger partial charge in [-0.3, -0.25) is 4.79 Å². The standard InChI is InChI=1S/C17H22N2O2/c1-12-11-15(7-9-17(12)19-14(3)20)18-13(2)6-8-16-5-4-10-21-16/h4-5,7,9-11,13,18H,6,8H2,1-3H3,(H,19,20). The lowest BCUT2D eigenvalue weighted by Gasteiger charge is -2.16. The van der Waals surface area contributed by atoms with Crippen LogP contribution in [0.5, 0.6) is 0 Å². The van der Waals surface area contributed by atoms with Crippen LogP contribution in [0.15, 0.2) is 41.0 Å². The number of carbonyl (C=O) groups excluding carboxylic acids is 1. The van der Waals surface area contributed by atoms with Crippen LogP contribution in [-0.2, 0) is 11.2 Å². The Balaban J connectivity index is 1.90. The molecule has 2 N–H and O–H groups in total. The summed E-state index contributed by atoms with van der Waals surface area (Å²) in [5, 5.41) is 6.29. The number of amides is 1. The lowest BCUT2D eigenvalue weighted by molar-refractivity contribution is -0.114. The second-order valence-corrected chi connectivity index (χ2v) is 5.37. The number of hydrogen-bond acceptors (Lipinski definition) is 3. The van der Waals surface area contributed by atoms with Crippen LogP contribution in [0.4, 0.5) is 11.4 Å². The molecule has 112 valence electrons. The van der Waals surface area contributed by atoms with Crippen molar-refractivity contribution in [2.45, 2.75) is 39.7 Å². The van der Waals surface area contributed by atoms with E-state index in [-0.39, 0.29) is 5.91 Å². The lowest BCUT2D eigenvalue weighted by atomic mass is 10.1. The van der Waals surface area contributed by atoms with Crippen molar-refractivity contribution in [3.8, 4) is 0 Å². The van der Waals surface area contributed by atoms with Gasteiger partial charge in [-0.2, -0.15) is 0 Å². The zero-order valence-electron chi connectivity index (χ0n) is 12.8. The number of rotatable bonds is 6. The molecule has 0 fully saturated rings. The topological polar surface area (TPSA) is 54.3 Å². The Kier molecular flexibility index (Phi) is 5.04. The molecule has 2 aromatic rings. The lowest BCUT2D eigenvalue weighted by Crippen LogP contribution is -2.16. The van der Waals surface area contributed by atoms with Crippen LogP contribution in [0.25, 0.3) is 0 Å². The maximum Gasteiger partial charge on any atom is 0.221 e. The molecule has 0 saturated heterocycles. The van der Waals surface area contributed by atoms with Crippen molar-refractivity contribution in [3.63, 3.8) is 0 Å². The summed E-state index contributed by atoms with van der Waals surface area (Å²) in [6, 6.07) is 10.2. The van der Waals surface area contributed by atoms with E-state index >= 15 is 0 Å². The molecule has 1 atom stereocenters. The van der Waals surface area contributed by atoms with Gasteiger partial charge < -0.3 is 15.1 Å². The third-order valence-electron chi connectivity index (χ3n) is 3.35. The van der Waals surface area contributed by atoms with Crippen LogP contribution >= 0.6 is 0 Å². The molecule has 0 bridgehead atoms. The summed E-state index contributed by atoms with van der Waals surface area (Å²) < 4.78 is 5.34. The Labute approximate surface area is 125 Å². The first-order chi connectivity index (χ1) is 10.0. The second kappa shape index (κ2) is 6.97. The van der Waals surface area contributed by atoms with E-state index in [1.54, 1.807) is 6.26 Å². The van der Waals surface area contributed by atoms with E-state index in [2.05, 4.69) is 23.6 Å². The fourth-order valence-corrected chi connectivity index (χ4v) is 2.25. The number of carbonyl (C=O) groups is 1. The molecule has 1 aromatic heterocycles. The van der Waals surface area contributed by atoms with E-state index in [1.165, 1.54) is 6.92 Å². The van der Waals surface area contributed by atoms with Gasteiger partial charge in [0, 0.05) is 30.8 Å². The molecule has 4 heteroatoms. The summed E-state index contributed by atoms with van der Waals surface area (Å²) in [4.78, 5) is 11.1. The minimum absolute atomic E-state index is 0.0503. The first-order valence-electron chi connectivity index (χ1n) is 7.22. The Morgan fingerprint density at radius 1 is 1.33 bits per heavy atom. The number of hydrogen-bond donors (Lipinski definition) is 2. The molecule has 0 aliphatic carbocycles. The highest BCUT2D eigenvalue weighted by molar-refractivity contribution is 5.89. The molecule has 4 nitrogen and oxygen atoms in total. The van der Waals surface area contributed by atoms with Gasteiger partial charge >= 0.3 is 0 Å². The minimum atomic E-state index is -0.0503. The van der Waals surface area contributed by atoms with E-state index in [1.807, 2.05) is 31.2 Å². The summed E-state index contributed by atoms with van der Waals surface area (Å²) in [7, 11) is 0. The van der Waals surface area contributed by atoms with E-state index in [0.29, 0.717) is 6.04 Å². The van der Waals surface area contributed by atoms with Crippen molar-refractivity contribution < 1.29 is 9.21 Å². The fraction of sp³-hybridized carbons (Fsp3) is 0.353. The average Bonchev–Trinajstić information content (AvgIpc) is 2.92. The van der Waals surface area contributed by atoms with Crippen molar-refractivity contribution >= 4 is 17.3 Å². The van der Waals surface area contributed by atoms with Crippen LogP contribution < -0.4 is 10.6 Å². The Morgan fingerprint density at radius 2 is 2.14 bits per heavy atom. The molecule has 21 heavy (non-hydrogen) atoms. The van der Waals surface area contributed by atoms with Crippen LogP contribution in [0.1, 0.15) is 31.6 Å². The van der Waals surface area contributed by atoms with Gasteiger partial charge in [0.05, 0.1) is 6.26 Å². The maximum atomic E-state index is 11.1. The summed E-state index contributed by atoms with van der Waals surface area (Å²) in [5.74, 6) is 0.964. The van der Waals surface area contributed by atoms with Crippen molar-refractivity contribution in [3.05, 3.63) is 47.9 Å². The highest BCUT2D eigenvalue weighted by Gasteiger charge is 2.06. The maximum absolute atomic E-state index is 11.1. The van der Waals surface area contributed by atoms with Gasteiger partial charge in [-0.05, 0) is 56.2 Å². The number of aryl methyl sites for hydroxylation is 2. The highest BCUT2D eigenvalue weighted by atomic mass is 16.3. The first kappa shape index (κ1) is 15.2. The van der Waals surface area contributed by atoms with Crippen molar-refractivity contribution in [1.82, 2.24) is 0 Å². The third-order valence-corrected chi connectivity index (χ3v) is 3.35. The first-order valence-corrected chi connectivity index (χ1v) is 7.22. The largest absolute Gasteiger partial charge is 0.469 e. The van der Waals surface area contributed by atoms with Crippen LogP contribution in [0.2, 0.25) is 0 Å². The zero-order valence-corrected chi connectivity index (χ0v) is 12.8. The summed E-state index contributed by atoms with van der Waals surface area (Å²) >= 11 is 0. The van der Waals surface area contributed by atoms with Gasteiger partial charge in [-0.1, -0.05) is 0 Å². The molecule has 1 heterocycles. The van der Waals surface area contributed by atoms with E-state index in [4.69, 9.17) is 4.42 Å². The van der Waals surface area contributed by atoms with Gasteiger partial charge in [-0.25, -0.2) is 0 Å². The minimum Gasteiger partial charge on any atom is -0.469 e. The molecule has 0 saturated carbocycles. The molecular weight excluding hydrogens is 264 g/mol. The Bertz CT molecular complexity index is 591. The van der Waals surface area contributed by atoms with Crippen LogP contribution in [0, 0.1) is 6.92 Å². The molecule has 1 unspecified atom stereocenters. The molecule has 0 spiro atoms. The highest BCUT2D eigenvalue weighted by Crippen LogP contribution is 2.21. The monoisotopic (exact) mass is 286 g/mol. The number of benzene rings is 1. The SMILES string of the molecule is CC(=O)Nc1ccc(NC(C)CCc2ccco2)cc1C. The number of nitrogens with one attached hydrogen (secondary N) is 2. The van der Waals surface area contributed by atoms with E-state index < -0.39 is 0 Å². The zero-order chi connectivity index (χ0) is 15.2. The third kappa shape index (κ3) is 4.67. The summed E-state index contributed by atoms with van der Waals surface area (Å²) in [6.07, 6.45) is 3.63. The summed E-state index contributed by atoms with van der Waals surface area (Å²) in [6.45, 7) is 5.66. The summed E-state index contributed by atoms with van der Waals surface area (Å²) in [5.41, 5.74) is 2.97. The molecule has 0 aliphatic heterocycles. The smallest absolute Gasteiger partial charge is 0.221 e. The Hall–Kier alpha value is -2.23. The second-order valence-electron chi connectivity index (χ2n) is 5.37. The van der Waals surface area contributed by atoms with Crippen LogP contribution in [-0.4, -0.2) is 11.9 Å². The van der Waals surface area contributed by atoms with Gasteiger partial charge in [0.1, 0.15) is 5.76 Å².